The lowest BCUT2D eigenvalue weighted by Crippen LogP contribution is -2.27. The van der Waals surface area contributed by atoms with Crippen molar-refractivity contribution in [3.05, 3.63) is 119 Å². The molecule has 4 aromatic rings. The highest BCUT2D eigenvalue weighted by atomic mass is 16.3. The minimum atomic E-state index is -0.984. The van der Waals surface area contributed by atoms with Crippen molar-refractivity contribution < 1.29 is 5.11 Å². The van der Waals surface area contributed by atoms with Gasteiger partial charge in [0.1, 0.15) is 5.60 Å². The largest absolute Gasteiger partial charge is 0.380 e. The molecular formula is C27H20O. The van der Waals surface area contributed by atoms with Gasteiger partial charge < -0.3 is 5.11 Å². The van der Waals surface area contributed by atoms with Crippen molar-refractivity contribution in [2.45, 2.75) is 17.9 Å². The molecule has 6 rings (SSSR count). The van der Waals surface area contributed by atoms with Gasteiger partial charge in [0.05, 0.1) is 0 Å². The van der Waals surface area contributed by atoms with Gasteiger partial charge >= 0.3 is 0 Å². The fourth-order valence-corrected chi connectivity index (χ4v) is 5.30. The molecule has 1 N–H and O–H groups in total. The zero-order valence-electron chi connectivity index (χ0n) is 15.5. The molecule has 28 heavy (non-hydrogen) atoms. The van der Waals surface area contributed by atoms with E-state index >= 15 is 0 Å². The van der Waals surface area contributed by atoms with E-state index in [1.807, 2.05) is 12.1 Å². The summed E-state index contributed by atoms with van der Waals surface area (Å²) in [6, 6.07) is 33.9. The topological polar surface area (TPSA) is 20.2 Å². The number of rotatable bonds is 2. The Bertz CT molecular complexity index is 1130. The van der Waals surface area contributed by atoms with Crippen LogP contribution >= 0.6 is 0 Å². The van der Waals surface area contributed by atoms with E-state index in [1.165, 1.54) is 22.3 Å². The van der Waals surface area contributed by atoms with Gasteiger partial charge in [-0.15, -0.1) is 0 Å². The van der Waals surface area contributed by atoms with Crippen molar-refractivity contribution in [3.63, 3.8) is 0 Å². The predicted octanol–water partition coefficient (Wildman–Crippen LogP) is 6.11. The standard InChI is InChI=1S/C27H20O/c28-27(25-15-7-5-13-22(25)23-14-6-8-16-26(23)27)17-24-20-11-3-1-9-18(20)19-10-2-4-12-21(19)24/h1-16,24,28H,17H2. The molecule has 0 spiro atoms. The molecule has 0 fully saturated rings. The minimum absolute atomic E-state index is 0.177. The maximum atomic E-state index is 12.1. The zero-order valence-corrected chi connectivity index (χ0v) is 15.5. The predicted molar refractivity (Wildman–Crippen MR) is 113 cm³/mol. The first-order valence-corrected chi connectivity index (χ1v) is 9.87. The quantitative estimate of drug-likeness (QED) is 0.457. The number of aliphatic hydroxyl groups is 1. The van der Waals surface area contributed by atoms with E-state index in [0.717, 1.165) is 22.3 Å². The first kappa shape index (κ1) is 15.9. The van der Waals surface area contributed by atoms with E-state index < -0.39 is 5.60 Å². The number of fused-ring (bicyclic) bond motifs is 6. The molecule has 134 valence electrons. The van der Waals surface area contributed by atoms with Crippen LogP contribution in [0.2, 0.25) is 0 Å². The summed E-state index contributed by atoms with van der Waals surface area (Å²) in [5, 5.41) is 12.1. The third-order valence-electron chi connectivity index (χ3n) is 6.50. The molecule has 4 aromatic carbocycles. The summed E-state index contributed by atoms with van der Waals surface area (Å²) in [7, 11) is 0. The second-order valence-corrected chi connectivity index (χ2v) is 7.88. The SMILES string of the molecule is OC1(CC2c3ccccc3-c3ccccc32)c2ccccc2-c2ccccc21. The van der Waals surface area contributed by atoms with Crippen molar-refractivity contribution in [1.82, 2.24) is 0 Å². The molecule has 0 amide bonds. The van der Waals surface area contributed by atoms with Crippen molar-refractivity contribution in [3.8, 4) is 22.3 Å². The summed E-state index contributed by atoms with van der Waals surface area (Å²) in [6.45, 7) is 0. The van der Waals surface area contributed by atoms with Crippen LogP contribution in [0.15, 0.2) is 97.1 Å². The molecule has 0 saturated carbocycles. The average molecular weight is 360 g/mol. The second kappa shape index (κ2) is 5.67. The summed E-state index contributed by atoms with van der Waals surface area (Å²) in [6.07, 6.45) is 0.648. The number of hydrogen-bond donors (Lipinski definition) is 1. The van der Waals surface area contributed by atoms with E-state index in [0.29, 0.717) is 6.42 Å². The van der Waals surface area contributed by atoms with E-state index in [9.17, 15) is 5.11 Å². The summed E-state index contributed by atoms with van der Waals surface area (Å²) in [5.41, 5.74) is 8.61. The Morgan fingerprint density at radius 2 is 0.929 bits per heavy atom. The molecule has 0 aromatic heterocycles. The van der Waals surface area contributed by atoms with Crippen LogP contribution in [0.3, 0.4) is 0 Å². The molecule has 0 unspecified atom stereocenters. The summed E-state index contributed by atoms with van der Waals surface area (Å²) < 4.78 is 0. The Balaban J connectivity index is 1.56. The molecule has 2 aliphatic rings. The van der Waals surface area contributed by atoms with Crippen LogP contribution in [-0.4, -0.2) is 5.11 Å². The highest BCUT2D eigenvalue weighted by Crippen LogP contribution is 2.55. The van der Waals surface area contributed by atoms with Crippen LogP contribution in [0, 0.1) is 0 Å². The van der Waals surface area contributed by atoms with Gasteiger partial charge in [0.15, 0.2) is 0 Å². The van der Waals surface area contributed by atoms with E-state index in [4.69, 9.17) is 0 Å². The normalized spacial score (nSPS) is 15.6. The third kappa shape index (κ3) is 2.00. The van der Waals surface area contributed by atoms with Crippen molar-refractivity contribution in [1.29, 1.82) is 0 Å². The highest BCUT2D eigenvalue weighted by molar-refractivity contribution is 5.82. The van der Waals surface area contributed by atoms with Gasteiger partial charge in [0, 0.05) is 5.92 Å². The fourth-order valence-electron chi connectivity index (χ4n) is 5.30. The van der Waals surface area contributed by atoms with Crippen LogP contribution in [0.1, 0.15) is 34.6 Å². The summed E-state index contributed by atoms with van der Waals surface area (Å²) in [5.74, 6) is 0.177. The van der Waals surface area contributed by atoms with Crippen molar-refractivity contribution in [2.24, 2.45) is 0 Å². The summed E-state index contributed by atoms with van der Waals surface area (Å²) >= 11 is 0. The van der Waals surface area contributed by atoms with Crippen LogP contribution in [0.5, 0.6) is 0 Å². The monoisotopic (exact) mass is 360 g/mol. The van der Waals surface area contributed by atoms with E-state index in [-0.39, 0.29) is 5.92 Å². The lowest BCUT2D eigenvalue weighted by atomic mass is 9.79. The molecule has 0 bridgehead atoms. The van der Waals surface area contributed by atoms with Gasteiger partial charge in [0.2, 0.25) is 0 Å². The van der Waals surface area contributed by atoms with Crippen LogP contribution in [-0.2, 0) is 5.60 Å². The van der Waals surface area contributed by atoms with Gasteiger partial charge in [-0.25, -0.2) is 0 Å². The molecular weight excluding hydrogens is 340 g/mol. The average Bonchev–Trinajstić information content (AvgIpc) is 3.20. The van der Waals surface area contributed by atoms with Gasteiger partial charge in [-0.3, -0.25) is 0 Å². The van der Waals surface area contributed by atoms with Crippen LogP contribution in [0.4, 0.5) is 0 Å². The number of hydrogen-bond acceptors (Lipinski definition) is 1. The fraction of sp³-hybridized carbons (Fsp3) is 0.111. The molecule has 1 nitrogen and oxygen atoms in total. The first-order valence-electron chi connectivity index (χ1n) is 9.87. The van der Waals surface area contributed by atoms with Crippen molar-refractivity contribution in [2.75, 3.05) is 0 Å². The lowest BCUT2D eigenvalue weighted by molar-refractivity contribution is 0.0715. The maximum Gasteiger partial charge on any atom is 0.117 e. The molecule has 0 saturated heterocycles. The maximum absolute atomic E-state index is 12.1. The molecule has 0 radical (unpaired) electrons. The first-order chi connectivity index (χ1) is 13.8. The zero-order chi connectivity index (χ0) is 18.7. The Morgan fingerprint density at radius 1 is 0.536 bits per heavy atom. The molecule has 2 aliphatic carbocycles. The minimum Gasteiger partial charge on any atom is -0.380 e. The van der Waals surface area contributed by atoms with E-state index in [1.54, 1.807) is 0 Å². The molecule has 1 heteroatoms. The van der Waals surface area contributed by atoms with Gasteiger partial charge in [-0.1, -0.05) is 97.1 Å². The Hall–Kier alpha value is -3.16. The van der Waals surface area contributed by atoms with Gasteiger partial charge in [0.25, 0.3) is 0 Å². The lowest BCUT2D eigenvalue weighted by Gasteiger charge is -2.30. The van der Waals surface area contributed by atoms with Gasteiger partial charge in [-0.05, 0) is 50.9 Å². The van der Waals surface area contributed by atoms with Gasteiger partial charge in [-0.2, -0.15) is 0 Å². The van der Waals surface area contributed by atoms with E-state index in [2.05, 4.69) is 84.9 Å². The second-order valence-electron chi connectivity index (χ2n) is 7.88. The summed E-state index contributed by atoms with van der Waals surface area (Å²) in [4.78, 5) is 0. The highest BCUT2D eigenvalue weighted by Gasteiger charge is 2.44. The molecule has 0 heterocycles. The Morgan fingerprint density at radius 3 is 1.43 bits per heavy atom. The van der Waals surface area contributed by atoms with Crippen LogP contribution in [0.25, 0.3) is 22.3 Å². The molecule has 0 atom stereocenters. The number of benzene rings is 4. The third-order valence-corrected chi connectivity index (χ3v) is 6.50. The van der Waals surface area contributed by atoms with Crippen LogP contribution < -0.4 is 0 Å². The van der Waals surface area contributed by atoms with Crippen molar-refractivity contribution >= 4 is 0 Å². The Labute approximate surface area is 164 Å². The Kier molecular flexibility index (Phi) is 3.21. The smallest absolute Gasteiger partial charge is 0.117 e. The molecule has 0 aliphatic heterocycles.